The molecule has 3 heteroatoms. The Hall–Kier alpha value is -3.07. The van der Waals surface area contributed by atoms with Gasteiger partial charge in [-0.3, -0.25) is 4.79 Å². The fraction of sp³-hybridized carbons (Fsp3) is 0.174. The van der Waals surface area contributed by atoms with E-state index in [0.717, 1.165) is 28.4 Å². The van der Waals surface area contributed by atoms with Gasteiger partial charge in [-0.15, -0.1) is 0 Å². The average Bonchev–Trinajstić information content (AvgIpc) is 2.92. The van der Waals surface area contributed by atoms with Gasteiger partial charge in [0.1, 0.15) is 0 Å². The van der Waals surface area contributed by atoms with Crippen LogP contribution in [0.15, 0.2) is 54.6 Å². The summed E-state index contributed by atoms with van der Waals surface area (Å²) in [5.41, 5.74) is 13.6. The van der Waals surface area contributed by atoms with Crippen LogP contribution >= 0.6 is 0 Å². The minimum Gasteiger partial charge on any atom is -0.366 e. The molecular weight excluding hydrogens is 320 g/mol. The summed E-state index contributed by atoms with van der Waals surface area (Å²) in [5, 5.41) is 2.01. The maximum absolute atomic E-state index is 12.0. The van der Waals surface area contributed by atoms with Gasteiger partial charge in [0, 0.05) is 28.4 Å². The fourth-order valence-corrected chi connectivity index (χ4v) is 4.09. The molecule has 0 bridgehead atoms. The number of carbonyl (C=O) groups excluding carboxylic acids is 1. The predicted molar refractivity (Wildman–Crippen MR) is 108 cm³/mol. The molecule has 0 saturated carbocycles. The standard InChI is InChI=1S/C23H22N2O/c1-14-11-15(2)19(16(3)12-14)13-25-20-9-5-4-7-17(20)22-18(23(24)26)8-6-10-21(22)25/h4-12H,13H2,1-3H3,(H2,24,26). The lowest BCUT2D eigenvalue weighted by atomic mass is 9.99. The van der Waals surface area contributed by atoms with E-state index in [2.05, 4.69) is 55.7 Å². The lowest BCUT2D eigenvalue weighted by Crippen LogP contribution is -2.11. The zero-order chi connectivity index (χ0) is 18.4. The van der Waals surface area contributed by atoms with Gasteiger partial charge in [0.25, 0.3) is 0 Å². The highest BCUT2D eigenvalue weighted by Gasteiger charge is 2.17. The van der Waals surface area contributed by atoms with Crippen molar-refractivity contribution >= 4 is 27.7 Å². The first-order chi connectivity index (χ1) is 12.5. The lowest BCUT2D eigenvalue weighted by Gasteiger charge is -2.14. The van der Waals surface area contributed by atoms with Gasteiger partial charge in [0.05, 0.1) is 5.52 Å². The molecule has 0 aliphatic rings. The molecule has 0 saturated heterocycles. The van der Waals surface area contributed by atoms with E-state index in [1.807, 2.05) is 24.3 Å². The molecule has 0 radical (unpaired) electrons. The van der Waals surface area contributed by atoms with Gasteiger partial charge in [-0.05, 0) is 55.7 Å². The minimum absolute atomic E-state index is 0.388. The van der Waals surface area contributed by atoms with Crippen LogP contribution in [0.1, 0.15) is 32.6 Å². The second-order valence-electron chi connectivity index (χ2n) is 7.04. The molecule has 0 spiro atoms. The van der Waals surface area contributed by atoms with Crippen LogP contribution in [-0.4, -0.2) is 10.5 Å². The van der Waals surface area contributed by atoms with Crippen molar-refractivity contribution in [3.63, 3.8) is 0 Å². The summed E-state index contributed by atoms with van der Waals surface area (Å²) >= 11 is 0. The number of primary amides is 1. The number of hydrogen-bond acceptors (Lipinski definition) is 1. The smallest absolute Gasteiger partial charge is 0.249 e. The molecule has 1 amide bonds. The summed E-state index contributed by atoms with van der Waals surface area (Å²) in [7, 11) is 0. The largest absolute Gasteiger partial charge is 0.366 e. The van der Waals surface area contributed by atoms with E-state index in [1.165, 1.54) is 22.3 Å². The zero-order valence-corrected chi connectivity index (χ0v) is 15.3. The van der Waals surface area contributed by atoms with Crippen molar-refractivity contribution in [3.05, 3.63) is 82.4 Å². The molecule has 4 aromatic rings. The number of nitrogens with two attached hydrogens (primary N) is 1. The van der Waals surface area contributed by atoms with Gasteiger partial charge in [0.15, 0.2) is 0 Å². The van der Waals surface area contributed by atoms with Gasteiger partial charge < -0.3 is 10.3 Å². The predicted octanol–water partition coefficient (Wildman–Crippen LogP) is 4.87. The summed E-state index contributed by atoms with van der Waals surface area (Å²) < 4.78 is 2.29. The number of carbonyl (C=O) groups is 1. The summed E-state index contributed by atoms with van der Waals surface area (Å²) in [5.74, 6) is -0.388. The monoisotopic (exact) mass is 342 g/mol. The Kier molecular flexibility index (Phi) is 3.80. The van der Waals surface area contributed by atoms with Crippen molar-refractivity contribution in [2.45, 2.75) is 27.3 Å². The van der Waals surface area contributed by atoms with E-state index in [-0.39, 0.29) is 5.91 Å². The van der Waals surface area contributed by atoms with E-state index in [0.29, 0.717) is 5.56 Å². The first-order valence-electron chi connectivity index (χ1n) is 8.84. The maximum Gasteiger partial charge on any atom is 0.249 e. The number of aryl methyl sites for hydroxylation is 3. The topological polar surface area (TPSA) is 48.0 Å². The van der Waals surface area contributed by atoms with Crippen LogP contribution in [-0.2, 0) is 6.54 Å². The van der Waals surface area contributed by atoms with Crippen LogP contribution in [0.25, 0.3) is 21.8 Å². The number of para-hydroxylation sites is 1. The molecule has 1 heterocycles. The third kappa shape index (κ3) is 2.48. The summed E-state index contributed by atoms with van der Waals surface area (Å²) in [6.07, 6.45) is 0. The van der Waals surface area contributed by atoms with Crippen molar-refractivity contribution in [1.29, 1.82) is 0 Å². The van der Waals surface area contributed by atoms with Crippen LogP contribution in [0.4, 0.5) is 0 Å². The van der Waals surface area contributed by atoms with Crippen molar-refractivity contribution in [2.24, 2.45) is 5.73 Å². The molecule has 0 fully saturated rings. The van der Waals surface area contributed by atoms with Gasteiger partial charge >= 0.3 is 0 Å². The molecule has 1 aromatic heterocycles. The van der Waals surface area contributed by atoms with Gasteiger partial charge in [-0.25, -0.2) is 0 Å². The van der Waals surface area contributed by atoms with E-state index >= 15 is 0 Å². The number of benzene rings is 3. The first-order valence-corrected chi connectivity index (χ1v) is 8.84. The molecule has 4 rings (SSSR count). The van der Waals surface area contributed by atoms with E-state index in [9.17, 15) is 4.79 Å². The number of rotatable bonds is 3. The first kappa shape index (κ1) is 16.4. The highest BCUT2D eigenvalue weighted by molar-refractivity contribution is 6.17. The molecule has 2 N–H and O–H groups in total. The SMILES string of the molecule is Cc1cc(C)c(Cn2c3ccccc3c3c(C(N)=O)cccc32)c(C)c1. The van der Waals surface area contributed by atoms with E-state index in [4.69, 9.17) is 5.73 Å². The maximum atomic E-state index is 12.0. The second-order valence-corrected chi connectivity index (χ2v) is 7.04. The lowest BCUT2D eigenvalue weighted by molar-refractivity contribution is 0.100. The Morgan fingerprint density at radius 1 is 0.923 bits per heavy atom. The van der Waals surface area contributed by atoms with Crippen LogP contribution in [0.2, 0.25) is 0 Å². The Morgan fingerprint density at radius 2 is 1.58 bits per heavy atom. The minimum atomic E-state index is -0.388. The molecule has 0 aliphatic carbocycles. The normalized spacial score (nSPS) is 11.3. The van der Waals surface area contributed by atoms with Crippen molar-refractivity contribution in [1.82, 2.24) is 4.57 Å². The van der Waals surface area contributed by atoms with Crippen molar-refractivity contribution < 1.29 is 4.79 Å². The Morgan fingerprint density at radius 3 is 2.27 bits per heavy atom. The van der Waals surface area contributed by atoms with Crippen molar-refractivity contribution in [3.8, 4) is 0 Å². The van der Waals surface area contributed by atoms with Crippen LogP contribution in [0.3, 0.4) is 0 Å². The molecule has 3 aromatic carbocycles. The number of hydrogen-bond donors (Lipinski definition) is 1. The van der Waals surface area contributed by atoms with Crippen LogP contribution in [0, 0.1) is 20.8 Å². The van der Waals surface area contributed by atoms with E-state index in [1.54, 1.807) is 0 Å². The zero-order valence-electron chi connectivity index (χ0n) is 15.3. The quantitative estimate of drug-likeness (QED) is 0.567. The van der Waals surface area contributed by atoms with E-state index < -0.39 is 0 Å². The summed E-state index contributed by atoms with van der Waals surface area (Å²) in [6.45, 7) is 7.23. The van der Waals surface area contributed by atoms with Gasteiger partial charge in [0.2, 0.25) is 5.91 Å². The third-order valence-electron chi connectivity index (χ3n) is 5.22. The summed E-state index contributed by atoms with van der Waals surface area (Å²) in [4.78, 5) is 12.0. The highest BCUT2D eigenvalue weighted by Crippen LogP contribution is 2.33. The number of amides is 1. The molecule has 26 heavy (non-hydrogen) atoms. The second kappa shape index (κ2) is 6.03. The summed E-state index contributed by atoms with van der Waals surface area (Å²) in [6, 6.07) is 18.5. The Balaban J connectivity index is 2.04. The third-order valence-corrected chi connectivity index (χ3v) is 5.22. The molecule has 3 nitrogen and oxygen atoms in total. The molecular formula is C23H22N2O. The molecule has 0 unspecified atom stereocenters. The molecule has 0 aliphatic heterocycles. The Labute approximate surface area is 153 Å². The van der Waals surface area contributed by atoms with Crippen molar-refractivity contribution in [2.75, 3.05) is 0 Å². The number of nitrogens with zero attached hydrogens (tertiary/aromatic N) is 1. The fourth-order valence-electron chi connectivity index (χ4n) is 4.09. The number of fused-ring (bicyclic) bond motifs is 3. The number of aromatic nitrogens is 1. The molecule has 130 valence electrons. The van der Waals surface area contributed by atoms with Crippen LogP contribution in [0.5, 0.6) is 0 Å². The van der Waals surface area contributed by atoms with Gasteiger partial charge in [-0.1, -0.05) is 42.0 Å². The Bertz CT molecular complexity index is 1140. The average molecular weight is 342 g/mol. The molecule has 0 atom stereocenters. The highest BCUT2D eigenvalue weighted by atomic mass is 16.1. The van der Waals surface area contributed by atoms with Gasteiger partial charge in [-0.2, -0.15) is 0 Å². The van der Waals surface area contributed by atoms with Crippen LogP contribution < -0.4 is 5.73 Å².